The van der Waals surface area contributed by atoms with Gasteiger partial charge in [-0.1, -0.05) is 25.1 Å². The van der Waals surface area contributed by atoms with Gasteiger partial charge in [-0.2, -0.15) is 0 Å². The molecule has 0 spiro atoms. The maximum Gasteiger partial charge on any atom is 0.174 e. The van der Waals surface area contributed by atoms with Crippen molar-refractivity contribution in [1.29, 1.82) is 0 Å². The summed E-state index contributed by atoms with van der Waals surface area (Å²) in [5.74, 6) is 0.341. The van der Waals surface area contributed by atoms with E-state index in [-0.39, 0.29) is 0 Å². The molecule has 2 aromatic rings. The predicted molar refractivity (Wildman–Crippen MR) is 69.4 cm³/mol. The first-order chi connectivity index (χ1) is 7.59. The summed E-state index contributed by atoms with van der Waals surface area (Å²) in [5.41, 5.74) is 5.18. The number of imidazole rings is 1. The van der Waals surface area contributed by atoms with E-state index >= 15 is 0 Å². The molecule has 16 heavy (non-hydrogen) atoms. The molecule has 1 aromatic carbocycles. The molecule has 2 rings (SSSR count). The summed E-state index contributed by atoms with van der Waals surface area (Å²) >= 11 is 5.05. The third-order valence-corrected chi connectivity index (χ3v) is 3.42. The second-order valence-corrected chi connectivity index (χ2v) is 4.62. The molecule has 84 valence electrons. The summed E-state index contributed by atoms with van der Waals surface area (Å²) in [5, 5.41) is 0. The van der Waals surface area contributed by atoms with Crippen molar-refractivity contribution in [2.75, 3.05) is 0 Å². The van der Waals surface area contributed by atoms with Crippen LogP contribution in [0.3, 0.4) is 0 Å². The molecule has 3 heteroatoms. The van der Waals surface area contributed by atoms with E-state index in [1.807, 2.05) is 6.20 Å². The molecule has 0 amide bonds. The summed E-state index contributed by atoms with van der Waals surface area (Å²) in [7, 11) is 0. The molecule has 0 bridgehead atoms. The summed E-state index contributed by atoms with van der Waals surface area (Å²) in [6, 6.07) is 6.43. The highest BCUT2D eigenvalue weighted by atomic mass is 32.1. The number of H-pyrrole nitrogens is 2. The number of rotatable bonds is 2. The van der Waals surface area contributed by atoms with Gasteiger partial charge in [0.25, 0.3) is 0 Å². The van der Waals surface area contributed by atoms with Gasteiger partial charge in [0.15, 0.2) is 4.77 Å². The molecule has 0 radical (unpaired) electrons. The van der Waals surface area contributed by atoms with E-state index in [4.69, 9.17) is 12.2 Å². The van der Waals surface area contributed by atoms with Gasteiger partial charge < -0.3 is 9.97 Å². The van der Waals surface area contributed by atoms with Crippen molar-refractivity contribution >= 4 is 12.2 Å². The van der Waals surface area contributed by atoms with Gasteiger partial charge in [0.2, 0.25) is 0 Å². The average Bonchev–Trinajstić information content (AvgIpc) is 2.68. The Morgan fingerprint density at radius 3 is 2.62 bits per heavy atom. The van der Waals surface area contributed by atoms with Crippen molar-refractivity contribution < 1.29 is 0 Å². The number of hydrogen-bond acceptors (Lipinski definition) is 1. The summed E-state index contributed by atoms with van der Waals surface area (Å²) in [6.07, 6.45) is 1.95. The fourth-order valence-corrected chi connectivity index (χ4v) is 2.17. The molecule has 0 aliphatic carbocycles. The highest BCUT2D eigenvalue weighted by Crippen LogP contribution is 2.26. The fraction of sp³-hybridized carbons (Fsp3) is 0.308. The van der Waals surface area contributed by atoms with Crippen LogP contribution in [0.1, 0.15) is 35.2 Å². The van der Waals surface area contributed by atoms with Gasteiger partial charge in [-0.05, 0) is 42.8 Å². The Kier molecular flexibility index (Phi) is 2.97. The van der Waals surface area contributed by atoms with E-state index in [9.17, 15) is 0 Å². The van der Waals surface area contributed by atoms with E-state index in [0.29, 0.717) is 10.7 Å². The largest absolute Gasteiger partial charge is 0.337 e. The number of aromatic amines is 2. The minimum atomic E-state index is 0.341. The van der Waals surface area contributed by atoms with Gasteiger partial charge in [0, 0.05) is 17.8 Å². The summed E-state index contributed by atoms with van der Waals surface area (Å²) in [6.45, 7) is 6.50. The van der Waals surface area contributed by atoms with Crippen LogP contribution in [-0.4, -0.2) is 9.97 Å². The molecule has 2 nitrogen and oxygen atoms in total. The zero-order valence-corrected chi connectivity index (χ0v) is 10.6. The maximum absolute atomic E-state index is 5.05. The second kappa shape index (κ2) is 4.26. The minimum absolute atomic E-state index is 0.341. The molecule has 0 saturated heterocycles. The zero-order valence-electron chi connectivity index (χ0n) is 9.79. The lowest BCUT2D eigenvalue weighted by Gasteiger charge is -2.14. The highest BCUT2D eigenvalue weighted by molar-refractivity contribution is 7.71. The first-order valence-corrected chi connectivity index (χ1v) is 5.84. The van der Waals surface area contributed by atoms with Crippen LogP contribution in [0.15, 0.2) is 24.4 Å². The van der Waals surface area contributed by atoms with Crippen LogP contribution in [0, 0.1) is 18.6 Å². The van der Waals surface area contributed by atoms with Crippen molar-refractivity contribution in [3.05, 3.63) is 51.6 Å². The molecule has 0 fully saturated rings. The number of benzene rings is 1. The normalized spacial score (nSPS) is 12.7. The molecule has 1 heterocycles. The smallest absolute Gasteiger partial charge is 0.174 e. The van der Waals surface area contributed by atoms with E-state index < -0.39 is 0 Å². The van der Waals surface area contributed by atoms with Crippen LogP contribution in [0.25, 0.3) is 0 Å². The van der Waals surface area contributed by atoms with E-state index in [2.05, 4.69) is 48.9 Å². The number of aromatic nitrogens is 2. The van der Waals surface area contributed by atoms with Gasteiger partial charge in [0.1, 0.15) is 0 Å². The Morgan fingerprint density at radius 1 is 1.25 bits per heavy atom. The van der Waals surface area contributed by atoms with Crippen LogP contribution in [-0.2, 0) is 0 Å². The van der Waals surface area contributed by atoms with Gasteiger partial charge in [0.05, 0.1) is 0 Å². The topological polar surface area (TPSA) is 31.6 Å². The van der Waals surface area contributed by atoms with Gasteiger partial charge in [-0.25, -0.2) is 0 Å². The zero-order chi connectivity index (χ0) is 11.7. The molecule has 2 N–H and O–H groups in total. The number of aryl methyl sites for hydroxylation is 1. The predicted octanol–water partition coefficient (Wildman–Crippen LogP) is 3.84. The molecular weight excluding hydrogens is 216 g/mol. The number of hydrogen-bond donors (Lipinski definition) is 2. The van der Waals surface area contributed by atoms with Crippen LogP contribution >= 0.6 is 12.2 Å². The lowest BCUT2D eigenvalue weighted by molar-refractivity contribution is 0.869. The monoisotopic (exact) mass is 232 g/mol. The SMILES string of the molecule is Cc1cccc([C@@H](C)c2c[nH]c(=S)[nH]2)c1C. The minimum Gasteiger partial charge on any atom is -0.337 e. The van der Waals surface area contributed by atoms with E-state index in [1.54, 1.807) is 0 Å². The Hall–Kier alpha value is -1.35. The standard InChI is InChI=1S/C13H16N2S/c1-8-5-4-6-11(9(8)2)10(3)12-7-14-13(16)15-12/h4-7,10H,1-3H3,(H2,14,15,16)/t10-/m1/s1. The van der Waals surface area contributed by atoms with E-state index in [0.717, 1.165) is 5.69 Å². The average molecular weight is 232 g/mol. The van der Waals surface area contributed by atoms with Crippen LogP contribution in [0.4, 0.5) is 0 Å². The lowest BCUT2D eigenvalue weighted by atomic mass is 9.92. The maximum atomic E-state index is 5.05. The first-order valence-electron chi connectivity index (χ1n) is 5.43. The fourth-order valence-electron chi connectivity index (χ4n) is 1.99. The van der Waals surface area contributed by atoms with Crippen molar-refractivity contribution in [3.63, 3.8) is 0 Å². The summed E-state index contributed by atoms with van der Waals surface area (Å²) in [4.78, 5) is 6.19. The van der Waals surface area contributed by atoms with Gasteiger partial charge in [-0.15, -0.1) is 0 Å². The van der Waals surface area contributed by atoms with Gasteiger partial charge >= 0.3 is 0 Å². The molecular formula is C13H16N2S. The van der Waals surface area contributed by atoms with Crippen molar-refractivity contribution in [2.45, 2.75) is 26.7 Å². The summed E-state index contributed by atoms with van der Waals surface area (Å²) < 4.78 is 0.687. The Bertz CT molecular complexity index is 551. The molecule has 1 atom stereocenters. The van der Waals surface area contributed by atoms with Crippen molar-refractivity contribution in [1.82, 2.24) is 9.97 Å². The van der Waals surface area contributed by atoms with Crippen LogP contribution < -0.4 is 0 Å². The molecule has 1 aromatic heterocycles. The lowest BCUT2D eigenvalue weighted by Crippen LogP contribution is -2.00. The Balaban J connectivity index is 2.45. The molecule has 0 aliphatic rings. The third-order valence-electron chi connectivity index (χ3n) is 3.20. The van der Waals surface area contributed by atoms with Gasteiger partial charge in [-0.3, -0.25) is 0 Å². The molecule has 0 aliphatic heterocycles. The second-order valence-electron chi connectivity index (χ2n) is 4.21. The highest BCUT2D eigenvalue weighted by Gasteiger charge is 2.12. The van der Waals surface area contributed by atoms with Crippen LogP contribution in [0.5, 0.6) is 0 Å². The Labute approximate surface area is 101 Å². The van der Waals surface area contributed by atoms with Crippen LogP contribution in [0.2, 0.25) is 0 Å². The van der Waals surface area contributed by atoms with Crippen molar-refractivity contribution in [3.8, 4) is 0 Å². The Morgan fingerprint density at radius 2 is 2.00 bits per heavy atom. The first kappa shape index (κ1) is 11.1. The van der Waals surface area contributed by atoms with E-state index in [1.165, 1.54) is 16.7 Å². The number of nitrogens with one attached hydrogen (secondary N) is 2. The third kappa shape index (κ3) is 1.95. The van der Waals surface area contributed by atoms with Crippen molar-refractivity contribution in [2.24, 2.45) is 0 Å². The molecule has 0 unspecified atom stereocenters. The quantitative estimate of drug-likeness (QED) is 0.757. The molecule has 0 saturated carbocycles.